The molecular formula is C23H26N4O5S. The number of ether oxygens (including phenoxy) is 1. The van der Waals surface area contributed by atoms with Crippen molar-refractivity contribution in [1.29, 1.82) is 0 Å². The number of aromatic nitrogens is 2. The van der Waals surface area contributed by atoms with Gasteiger partial charge in [0.1, 0.15) is 11.4 Å². The highest BCUT2D eigenvalue weighted by molar-refractivity contribution is 7.92. The normalized spacial score (nSPS) is 11.1. The second-order valence-corrected chi connectivity index (χ2v) is 8.96. The second-order valence-electron chi connectivity index (χ2n) is 7.10. The van der Waals surface area contributed by atoms with Crippen molar-refractivity contribution in [1.82, 2.24) is 9.78 Å². The molecule has 0 aliphatic heterocycles. The highest BCUT2D eigenvalue weighted by atomic mass is 32.2. The summed E-state index contributed by atoms with van der Waals surface area (Å²) in [5.41, 5.74) is 0.420. The Kier molecular flexibility index (Phi) is 7.49. The fourth-order valence-corrected chi connectivity index (χ4v) is 4.79. The van der Waals surface area contributed by atoms with Gasteiger partial charge in [0.15, 0.2) is 0 Å². The molecule has 0 aliphatic rings. The standard InChI is InChI=1S/C23H26N4O5S/c1-4-15-26-22(28)14-12-19(25-26)23(29)24-20-16-18(11-13-21(20)32-3)33(30,31)27(5-2)17-9-7-6-8-10-17/h6-14,16H,4-5,15H2,1-3H3,(H,24,29). The number of nitrogens with one attached hydrogen (secondary N) is 1. The van der Waals surface area contributed by atoms with Gasteiger partial charge in [-0.1, -0.05) is 25.1 Å². The number of hydrogen-bond donors (Lipinski definition) is 1. The highest BCUT2D eigenvalue weighted by Gasteiger charge is 2.25. The Labute approximate surface area is 192 Å². The fourth-order valence-electron chi connectivity index (χ4n) is 3.29. The summed E-state index contributed by atoms with van der Waals surface area (Å²) in [4.78, 5) is 24.7. The van der Waals surface area contributed by atoms with Crippen LogP contribution in [0.1, 0.15) is 30.8 Å². The van der Waals surface area contributed by atoms with Gasteiger partial charge in [-0.15, -0.1) is 0 Å². The smallest absolute Gasteiger partial charge is 0.276 e. The molecular weight excluding hydrogens is 444 g/mol. The average molecular weight is 471 g/mol. The number of methoxy groups -OCH3 is 1. The Balaban J connectivity index is 1.96. The van der Waals surface area contributed by atoms with Crippen molar-refractivity contribution in [2.45, 2.75) is 31.7 Å². The number of benzene rings is 2. The Morgan fingerprint density at radius 2 is 1.82 bits per heavy atom. The zero-order valence-corrected chi connectivity index (χ0v) is 19.5. The van der Waals surface area contributed by atoms with E-state index in [0.717, 1.165) is 0 Å². The number of anilines is 2. The number of sulfonamides is 1. The molecule has 0 saturated carbocycles. The lowest BCUT2D eigenvalue weighted by molar-refractivity contribution is 0.101. The lowest BCUT2D eigenvalue weighted by atomic mass is 10.2. The minimum atomic E-state index is -3.91. The van der Waals surface area contributed by atoms with Crippen molar-refractivity contribution < 1.29 is 17.9 Å². The zero-order valence-electron chi connectivity index (χ0n) is 18.7. The van der Waals surface area contributed by atoms with Crippen LogP contribution in [0, 0.1) is 0 Å². The maximum Gasteiger partial charge on any atom is 0.276 e. The largest absolute Gasteiger partial charge is 0.495 e. The molecule has 0 aliphatic carbocycles. The summed E-state index contributed by atoms with van der Waals surface area (Å²) < 4.78 is 34.5. The maximum absolute atomic E-state index is 13.3. The van der Waals surface area contributed by atoms with Gasteiger partial charge in [0, 0.05) is 19.2 Å². The van der Waals surface area contributed by atoms with Crippen LogP contribution in [0.5, 0.6) is 5.75 Å². The Morgan fingerprint density at radius 1 is 1.09 bits per heavy atom. The molecule has 9 nitrogen and oxygen atoms in total. The zero-order chi connectivity index (χ0) is 24.0. The number of nitrogens with zero attached hydrogens (tertiary/aromatic N) is 3. The number of carbonyl (C=O) groups excluding carboxylic acids is 1. The van der Waals surface area contributed by atoms with Crippen molar-refractivity contribution in [3.05, 3.63) is 76.7 Å². The summed E-state index contributed by atoms with van der Waals surface area (Å²) >= 11 is 0. The summed E-state index contributed by atoms with van der Waals surface area (Å²) in [6, 6.07) is 15.6. The highest BCUT2D eigenvalue weighted by Crippen LogP contribution is 2.31. The SMILES string of the molecule is CCCn1nc(C(=O)Nc2cc(S(=O)(=O)N(CC)c3ccccc3)ccc2OC)ccc1=O. The monoisotopic (exact) mass is 470 g/mol. The van der Waals surface area contributed by atoms with Crippen molar-refractivity contribution in [2.24, 2.45) is 0 Å². The van der Waals surface area contributed by atoms with Gasteiger partial charge in [0.25, 0.3) is 21.5 Å². The van der Waals surface area contributed by atoms with E-state index < -0.39 is 15.9 Å². The first-order chi connectivity index (χ1) is 15.8. The Hall–Kier alpha value is -3.66. The molecule has 2 aromatic carbocycles. The minimum Gasteiger partial charge on any atom is -0.495 e. The Morgan fingerprint density at radius 3 is 2.45 bits per heavy atom. The molecule has 1 heterocycles. The van der Waals surface area contributed by atoms with Gasteiger partial charge in [0.05, 0.1) is 23.4 Å². The fraction of sp³-hybridized carbons (Fsp3) is 0.261. The van der Waals surface area contributed by atoms with Gasteiger partial charge in [-0.05, 0) is 49.7 Å². The number of amides is 1. The van der Waals surface area contributed by atoms with Crippen molar-refractivity contribution in [3.63, 3.8) is 0 Å². The third-order valence-corrected chi connectivity index (χ3v) is 6.77. The molecule has 1 amide bonds. The van der Waals surface area contributed by atoms with Gasteiger partial charge in [-0.25, -0.2) is 13.1 Å². The summed E-state index contributed by atoms with van der Waals surface area (Å²) in [5.74, 6) is -0.310. The van der Waals surface area contributed by atoms with E-state index in [-0.39, 0.29) is 34.1 Å². The van der Waals surface area contributed by atoms with Crippen molar-refractivity contribution >= 4 is 27.3 Å². The van der Waals surface area contributed by atoms with Crippen molar-refractivity contribution in [2.75, 3.05) is 23.3 Å². The molecule has 0 fully saturated rings. The molecule has 0 atom stereocenters. The number of hydrogen-bond acceptors (Lipinski definition) is 6. The Bertz CT molecular complexity index is 1290. The van der Waals surface area contributed by atoms with E-state index in [4.69, 9.17) is 4.74 Å². The number of rotatable bonds is 9. The summed E-state index contributed by atoms with van der Waals surface area (Å²) in [5, 5.41) is 6.74. The molecule has 0 bridgehead atoms. The van der Waals surface area contributed by atoms with Crippen LogP contribution in [-0.4, -0.2) is 37.8 Å². The van der Waals surface area contributed by atoms with E-state index in [9.17, 15) is 18.0 Å². The number of carbonyl (C=O) groups is 1. The first kappa shape index (κ1) is 24.0. The lowest BCUT2D eigenvalue weighted by Crippen LogP contribution is -2.30. The summed E-state index contributed by atoms with van der Waals surface area (Å²) in [7, 11) is -2.49. The predicted molar refractivity (Wildman–Crippen MR) is 126 cm³/mol. The van der Waals surface area contributed by atoms with Crippen LogP contribution in [0.2, 0.25) is 0 Å². The van der Waals surface area contributed by atoms with Gasteiger partial charge in [0.2, 0.25) is 0 Å². The summed E-state index contributed by atoms with van der Waals surface area (Å²) in [6.45, 7) is 4.24. The quantitative estimate of drug-likeness (QED) is 0.514. The molecule has 33 heavy (non-hydrogen) atoms. The molecule has 0 saturated heterocycles. The molecule has 0 radical (unpaired) electrons. The van der Waals surface area contributed by atoms with Gasteiger partial charge < -0.3 is 10.1 Å². The van der Waals surface area contributed by atoms with E-state index in [1.165, 1.54) is 46.4 Å². The van der Waals surface area contributed by atoms with Crippen molar-refractivity contribution in [3.8, 4) is 5.75 Å². The first-order valence-electron chi connectivity index (χ1n) is 10.5. The molecule has 1 N–H and O–H groups in total. The van der Waals surface area contributed by atoms with E-state index in [0.29, 0.717) is 18.7 Å². The maximum atomic E-state index is 13.3. The minimum absolute atomic E-state index is 0.00628. The van der Waals surface area contributed by atoms with Crippen LogP contribution < -0.4 is 19.9 Å². The van der Waals surface area contributed by atoms with Gasteiger partial charge in [-0.3, -0.25) is 13.9 Å². The van der Waals surface area contributed by atoms with Gasteiger partial charge >= 0.3 is 0 Å². The topological polar surface area (TPSA) is 111 Å². The van der Waals surface area contributed by atoms with E-state index >= 15 is 0 Å². The third kappa shape index (κ3) is 5.23. The number of para-hydroxylation sites is 1. The van der Waals surface area contributed by atoms with Crippen LogP contribution in [0.25, 0.3) is 0 Å². The second kappa shape index (κ2) is 10.3. The third-order valence-electron chi connectivity index (χ3n) is 4.87. The van der Waals surface area contributed by atoms with E-state index in [2.05, 4.69) is 10.4 Å². The molecule has 0 spiro atoms. The van der Waals surface area contributed by atoms with Crippen LogP contribution in [0.15, 0.2) is 70.4 Å². The van der Waals surface area contributed by atoms with Crippen LogP contribution in [0.4, 0.5) is 11.4 Å². The molecule has 174 valence electrons. The van der Waals surface area contributed by atoms with Crippen LogP contribution in [0.3, 0.4) is 0 Å². The van der Waals surface area contributed by atoms with Gasteiger partial charge in [-0.2, -0.15) is 5.10 Å². The number of aryl methyl sites for hydroxylation is 1. The van der Waals surface area contributed by atoms with E-state index in [1.807, 2.05) is 13.0 Å². The predicted octanol–water partition coefficient (Wildman–Crippen LogP) is 3.13. The lowest BCUT2D eigenvalue weighted by Gasteiger charge is -2.23. The molecule has 10 heteroatoms. The molecule has 1 aromatic heterocycles. The molecule has 3 rings (SSSR count). The first-order valence-corrected chi connectivity index (χ1v) is 11.9. The summed E-state index contributed by atoms with van der Waals surface area (Å²) in [6.07, 6.45) is 0.682. The average Bonchev–Trinajstić information content (AvgIpc) is 2.81. The molecule has 3 aromatic rings. The van der Waals surface area contributed by atoms with Crippen LogP contribution >= 0.6 is 0 Å². The molecule has 0 unspecified atom stereocenters. The van der Waals surface area contributed by atoms with E-state index in [1.54, 1.807) is 31.2 Å². The van der Waals surface area contributed by atoms with Crippen LogP contribution in [-0.2, 0) is 16.6 Å².